The maximum absolute atomic E-state index is 13.5. The van der Waals surface area contributed by atoms with Crippen molar-refractivity contribution in [2.45, 2.75) is 44.9 Å². The van der Waals surface area contributed by atoms with E-state index in [4.69, 9.17) is 0 Å². The maximum Gasteiger partial charge on any atom is 0.451 e. The van der Waals surface area contributed by atoms with Crippen LogP contribution in [0.15, 0.2) is 91.6 Å². The number of alkyl halides is 3. The van der Waals surface area contributed by atoms with Crippen LogP contribution in [0.3, 0.4) is 0 Å². The third-order valence-electron chi connectivity index (χ3n) is 7.74. The van der Waals surface area contributed by atoms with Crippen LogP contribution in [-0.4, -0.2) is 40.8 Å². The fourth-order valence-electron chi connectivity index (χ4n) is 5.41. The van der Waals surface area contributed by atoms with E-state index < -0.39 is 12.0 Å². The lowest BCUT2D eigenvalue weighted by Gasteiger charge is -2.36. The van der Waals surface area contributed by atoms with E-state index in [9.17, 15) is 22.8 Å². The van der Waals surface area contributed by atoms with Crippen molar-refractivity contribution in [3.63, 3.8) is 0 Å². The Bertz CT molecular complexity index is 1730. The van der Waals surface area contributed by atoms with Gasteiger partial charge in [-0.25, -0.2) is 9.97 Å². The van der Waals surface area contributed by atoms with Gasteiger partial charge in [-0.05, 0) is 80.3 Å². The van der Waals surface area contributed by atoms with Crippen molar-refractivity contribution in [2.24, 2.45) is 0 Å². The van der Waals surface area contributed by atoms with Crippen LogP contribution in [0.25, 0.3) is 0 Å². The maximum atomic E-state index is 13.5. The predicted molar refractivity (Wildman–Crippen MR) is 178 cm³/mol. The highest BCUT2D eigenvalue weighted by molar-refractivity contribution is 6.00. The average molecular weight is 644 g/mol. The van der Waals surface area contributed by atoms with Gasteiger partial charge >= 0.3 is 6.18 Å². The van der Waals surface area contributed by atoms with Crippen molar-refractivity contribution in [3.8, 4) is 0 Å². The third-order valence-corrected chi connectivity index (χ3v) is 7.74. The zero-order valence-corrected chi connectivity index (χ0v) is 25.9. The molecule has 1 aliphatic heterocycles. The number of benzene rings is 3. The molecule has 12 heteroatoms. The van der Waals surface area contributed by atoms with Crippen LogP contribution >= 0.6 is 0 Å². The molecule has 9 nitrogen and oxygen atoms in total. The molecule has 1 aromatic heterocycles. The minimum absolute atomic E-state index is 0.0340. The summed E-state index contributed by atoms with van der Waals surface area (Å²) in [4.78, 5) is 34.4. The molecule has 47 heavy (non-hydrogen) atoms. The summed E-state index contributed by atoms with van der Waals surface area (Å²) < 4.78 is 40.6. The molecule has 1 aliphatic rings. The van der Waals surface area contributed by atoms with Gasteiger partial charge in [0.05, 0.1) is 23.5 Å². The van der Waals surface area contributed by atoms with Gasteiger partial charge in [-0.3, -0.25) is 9.59 Å². The standard InChI is InChI=1S/C35H36F3N7O2/c1-3-31(46)30-14-7-8-19-45(30)26-11-9-10-25(20-26)40-21-23-15-17-24(18-16-23)42-29-22-41-34(35(36,37)38)44-32(29)43-28-13-6-5-12-27(28)33(47)39-4-2/h3,5-6,9-13,15-18,20,22,30,40,42H,1,4,7-8,14,19,21H2,2H3,(H,39,47)(H,41,43,44). The number of hydrogen-bond donors (Lipinski definition) is 4. The number of amides is 1. The van der Waals surface area contributed by atoms with E-state index in [1.807, 2.05) is 36.4 Å². The normalized spacial score (nSPS) is 14.6. The first-order valence-corrected chi connectivity index (χ1v) is 15.4. The van der Waals surface area contributed by atoms with Crippen molar-refractivity contribution in [1.29, 1.82) is 0 Å². The minimum Gasteiger partial charge on any atom is -0.381 e. The highest BCUT2D eigenvalue weighted by Crippen LogP contribution is 2.33. The number of aromatic nitrogens is 2. The van der Waals surface area contributed by atoms with E-state index in [1.165, 1.54) is 6.08 Å². The molecule has 0 radical (unpaired) electrons. The summed E-state index contributed by atoms with van der Waals surface area (Å²) >= 11 is 0. The Morgan fingerprint density at radius 1 is 0.979 bits per heavy atom. The minimum atomic E-state index is -4.76. The molecule has 1 atom stereocenters. The first-order valence-electron chi connectivity index (χ1n) is 15.4. The molecule has 1 saturated heterocycles. The van der Waals surface area contributed by atoms with E-state index >= 15 is 0 Å². The number of nitrogens with one attached hydrogen (secondary N) is 4. The Hall–Kier alpha value is -5.39. The summed E-state index contributed by atoms with van der Waals surface area (Å²) in [5.74, 6) is -1.79. The van der Waals surface area contributed by atoms with Gasteiger partial charge in [0.1, 0.15) is 5.69 Å². The van der Waals surface area contributed by atoms with Crippen LogP contribution in [0.1, 0.15) is 47.9 Å². The monoisotopic (exact) mass is 643 g/mol. The Labute approximate surface area is 271 Å². The molecule has 0 bridgehead atoms. The Balaban J connectivity index is 1.30. The fourth-order valence-corrected chi connectivity index (χ4v) is 5.41. The summed E-state index contributed by atoms with van der Waals surface area (Å²) in [6.45, 7) is 7.16. The molecular weight excluding hydrogens is 607 g/mol. The molecule has 1 unspecified atom stereocenters. The molecule has 5 rings (SSSR count). The number of ketones is 1. The van der Waals surface area contributed by atoms with Gasteiger partial charge in [0.25, 0.3) is 5.91 Å². The molecular formula is C35H36F3N7O2. The SMILES string of the molecule is C=CC(=O)C1CCCCN1c1cccc(NCc2ccc(Nc3cnc(C(F)(F)F)nc3Nc3ccccc3C(=O)NCC)cc2)c1. The van der Waals surface area contributed by atoms with Crippen molar-refractivity contribution in [3.05, 3.63) is 109 Å². The first-order chi connectivity index (χ1) is 22.7. The van der Waals surface area contributed by atoms with Gasteiger partial charge < -0.3 is 26.2 Å². The van der Waals surface area contributed by atoms with Gasteiger partial charge in [0.2, 0.25) is 5.82 Å². The number of piperidine rings is 1. The van der Waals surface area contributed by atoms with Crippen LogP contribution < -0.4 is 26.2 Å². The quantitative estimate of drug-likeness (QED) is 0.118. The number of para-hydroxylation sites is 1. The number of halogens is 3. The highest BCUT2D eigenvalue weighted by atomic mass is 19.4. The third kappa shape index (κ3) is 8.26. The summed E-state index contributed by atoms with van der Waals surface area (Å²) in [5.41, 5.74) is 4.20. The number of hydrogen-bond acceptors (Lipinski definition) is 8. The lowest BCUT2D eigenvalue weighted by Crippen LogP contribution is -2.44. The number of carbonyl (C=O) groups is 2. The van der Waals surface area contributed by atoms with Crippen LogP contribution in [0, 0.1) is 0 Å². The smallest absolute Gasteiger partial charge is 0.381 e. The van der Waals surface area contributed by atoms with E-state index in [0.717, 1.165) is 48.9 Å². The first kappa shape index (κ1) is 33.0. The largest absolute Gasteiger partial charge is 0.451 e. The van der Waals surface area contributed by atoms with E-state index in [-0.39, 0.29) is 34.8 Å². The van der Waals surface area contributed by atoms with Crippen molar-refractivity contribution >= 4 is 45.9 Å². The van der Waals surface area contributed by atoms with Gasteiger partial charge in [-0.2, -0.15) is 13.2 Å². The molecule has 4 aromatic rings. The van der Waals surface area contributed by atoms with Crippen LogP contribution in [0.5, 0.6) is 0 Å². The second kappa shape index (κ2) is 14.8. The highest BCUT2D eigenvalue weighted by Gasteiger charge is 2.35. The molecule has 1 fully saturated rings. The number of rotatable bonds is 12. The Kier molecular flexibility index (Phi) is 10.4. The van der Waals surface area contributed by atoms with Crippen LogP contribution in [0.2, 0.25) is 0 Å². The number of carbonyl (C=O) groups excluding carboxylic acids is 2. The van der Waals surface area contributed by atoms with Gasteiger partial charge in [0.15, 0.2) is 11.6 Å². The topological polar surface area (TPSA) is 111 Å². The van der Waals surface area contributed by atoms with E-state index in [0.29, 0.717) is 24.5 Å². The lowest BCUT2D eigenvalue weighted by atomic mass is 9.97. The average Bonchev–Trinajstić information content (AvgIpc) is 3.08. The summed E-state index contributed by atoms with van der Waals surface area (Å²) in [6, 6.07) is 21.7. The summed E-state index contributed by atoms with van der Waals surface area (Å²) in [5, 5.41) is 12.1. The molecule has 1 amide bonds. The molecule has 3 aromatic carbocycles. The molecule has 0 aliphatic carbocycles. The van der Waals surface area contributed by atoms with Crippen molar-refractivity contribution in [2.75, 3.05) is 33.9 Å². The Morgan fingerprint density at radius 3 is 2.51 bits per heavy atom. The summed E-state index contributed by atoms with van der Waals surface area (Å²) in [6.07, 6.45) is 0.546. The van der Waals surface area contributed by atoms with Crippen LogP contribution in [-0.2, 0) is 17.5 Å². The molecule has 2 heterocycles. The number of anilines is 6. The number of nitrogens with zero attached hydrogens (tertiary/aromatic N) is 3. The van der Waals surface area contributed by atoms with Gasteiger partial charge in [-0.15, -0.1) is 0 Å². The lowest BCUT2D eigenvalue weighted by molar-refractivity contribution is -0.144. The van der Waals surface area contributed by atoms with Crippen LogP contribution in [0.4, 0.5) is 47.4 Å². The summed E-state index contributed by atoms with van der Waals surface area (Å²) in [7, 11) is 0. The van der Waals surface area contributed by atoms with Crippen molar-refractivity contribution < 1.29 is 22.8 Å². The molecule has 0 saturated carbocycles. The second-order valence-electron chi connectivity index (χ2n) is 11.0. The van der Waals surface area contributed by atoms with E-state index in [1.54, 1.807) is 43.3 Å². The Morgan fingerprint density at radius 2 is 1.77 bits per heavy atom. The van der Waals surface area contributed by atoms with Gasteiger partial charge in [0, 0.05) is 36.7 Å². The van der Waals surface area contributed by atoms with Gasteiger partial charge in [-0.1, -0.05) is 36.9 Å². The zero-order valence-electron chi connectivity index (χ0n) is 25.9. The predicted octanol–water partition coefficient (Wildman–Crippen LogP) is 7.46. The van der Waals surface area contributed by atoms with Crippen molar-refractivity contribution in [1.82, 2.24) is 15.3 Å². The molecule has 4 N–H and O–H groups in total. The molecule has 0 spiro atoms. The fraction of sp³-hybridized carbons (Fsp3) is 0.257. The second-order valence-corrected chi connectivity index (χ2v) is 11.0. The zero-order chi connectivity index (χ0) is 33.4. The van der Waals surface area contributed by atoms with E-state index in [2.05, 4.69) is 42.7 Å². The molecule has 244 valence electrons.